The summed E-state index contributed by atoms with van der Waals surface area (Å²) in [6.45, 7) is 4.28. The molecule has 0 spiro atoms. The largest absolute Gasteiger partial charge is 0.474 e. The van der Waals surface area contributed by atoms with Crippen molar-refractivity contribution < 1.29 is 4.74 Å². The molecule has 0 bridgehead atoms. The molecule has 2 aromatic heterocycles. The Kier molecular flexibility index (Phi) is 2.54. The van der Waals surface area contributed by atoms with Crippen molar-refractivity contribution in [2.24, 2.45) is 0 Å². The van der Waals surface area contributed by atoms with Gasteiger partial charge in [0, 0.05) is 6.07 Å². The van der Waals surface area contributed by atoms with Crippen LogP contribution in [0.1, 0.15) is 37.4 Å². The average Bonchev–Trinajstić information content (AvgIpc) is 2.98. The van der Waals surface area contributed by atoms with E-state index in [2.05, 4.69) is 37.1 Å². The summed E-state index contributed by atoms with van der Waals surface area (Å²) in [4.78, 5) is 0. The van der Waals surface area contributed by atoms with Gasteiger partial charge in [0.05, 0.1) is 11.2 Å². The van der Waals surface area contributed by atoms with Gasteiger partial charge in [-0.2, -0.15) is 5.10 Å². The lowest BCUT2D eigenvalue weighted by Crippen LogP contribution is -2.03. The molecule has 1 aliphatic carbocycles. The first kappa shape index (κ1) is 10.6. The maximum atomic E-state index is 5.91. The smallest absolute Gasteiger partial charge is 0.215 e. The van der Waals surface area contributed by atoms with Crippen LogP contribution in [0, 0.1) is 6.92 Å². The number of aryl methyl sites for hydroxylation is 2. The highest BCUT2D eigenvalue weighted by Gasteiger charge is 2.24. The summed E-state index contributed by atoms with van der Waals surface area (Å²) < 4.78 is 7.85. The predicted molar refractivity (Wildman–Crippen MR) is 67.6 cm³/mol. The molecule has 0 amide bonds. The molecule has 0 saturated heterocycles. The molecule has 0 aliphatic heterocycles. The number of aromatic nitrogens is 2. The fourth-order valence-electron chi connectivity index (χ4n) is 2.08. The third kappa shape index (κ3) is 2.14. The fourth-order valence-corrected chi connectivity index (χ4v) is 2.08. The van der Waals surface area contributed by atoms with Gasteiger partial charge in [0.15, 0.2) is 0 Å². The molecule has 3 nitrogen and oxygen atoms in total. The standard InChI is InChI=1S/C14H18N2O/c1-3-4-11-9-12-7-10(2)8-14(16(12)15-11)17-13-5-6-13/h7-9,13H,3-6H2,1-2H3. The van der Waals surface area contributed by atoms with Gasteiger partial charge in [-0.15, -0.1) is 0 Å². The summed E-state index contributed by atoms with van der Waals surface area (Å²) in [5.74, 6) is 0.893. The van der Waals surface area contributed by atoms with Crippen LogP contribution in [0.4, 0.5) is 0 Å². The molecule has 1 fully saturated rings. The molecule has 0 unspecified atom stereocenters. The Bertz CT molecular complexity index is 540. The molecule has 17 heavy (non-hydrogen) atoms. The van der Waals surface area contributed by atoms with Crippen LogP contribution in [0.15, 0.2) is 18.2 Å². The number of nitrogens with zero attached hydrogens (tertiary/aromatic N) is 2. The molecule has 2 aromatic rings. The highest BCUT2D eigenvalue weighted by molar-refractivity contribution is 5.52. The van der Waals surface area contributed by atoms with E-state index in [1.165, 1.54) is 18.4 Å². The Morgan fingerprint density at radius 3 is 2.88 bits per heavy atom. The van der Waals surface area contributed by atoms with Crippen molar-refractivity contribution in [2.45, 2.75) is 45.6 Å². The second-order valence-electron chi connectivity index (χ2n) is 4.91. The minimum Gasteiger partial charge on any atom is -0.474 e. The van der Waals surface area contributed by atoms with Crippen LogP contribution in [-0.4, -0.2) is 15.7 Å². The van der Waals surface area contributed by atoms with Gasteiger partial charge >= 0.3 is 0 Å². The van der Waals surface area contributed by atoms with Crippen molar-refractivity contribution in [3.63, 3.8) is 0 Å². The summed E-state index contributed by atoms with van der Waals surface area (Å²) in [5, 5.41) is 4.62. The summed E-state index contributed by atoms with van der Waals surface area (Å²) in [5.41, 5.74) is 3.53. The van der Waals surface area contributed by atoms with E-state index >= 15 is 0 Å². The Balaban J connectivity index is 2.04. The number of ether oxygens (including phenoxy) is 1. The van der Waals surface area contributed by atoms with Crippen LogP contribution in [-0.2, 0) is 6.42 Å². The lowest BCUT2D eigenvalue weighted by molar-refractivity contribution is 0.283. The second-order valence-corrected chi connectivity index (χ2v) is 4.91. The fraction of sp³-hybridized carbons (Fsp3) is 0.500. The van der Waals surface area contributed by atoms with Gasteiger partial charge in [-0.3, -0.25) is 0 Å². The van der Waals surface area contributed by atoms with Gasteiger partial charge in [0.2, 0.25) is 5.88 Å². The zero-order valence-electron chi connectivity index (χ0n) is 10.4. The number of hydrogen-bond donors (Lipinski definition) is 0. The van der Waals surface area contributed by atoms with E-state index in [0.717, 1.165) is 29.9 Å². The van der Waals surface area contributed by atoms with Crippen molar-refractivity contribution in [1.29, 1.82) is 0 Å². The monoisotopic (exact) mass is 230 g/mol. The molecule has 0 radical (unpaired) electrons. The van der Waals surface area contributed by atoms with Crippen LogP contribution in [0.5, 0.6) is 5.88 Å². The van der Waals surface area contributed by atoms with Crippen LogP contribution in [0.25, 0.3) is 5.52 Å². The third-order valence-electron chi connectivity index (χ3n) is 3.04. The third-order valence-corrected chi connectivity index (χ3v) is 3.04. The molecular formula is C14H18N2O. The lowest BCUT2D eigenvalue weighted by atomic mass is 10.2. The minimum atomic E-state index is 0.416. The summed E-state index contributed by atoms with van der Waals surface area (Å²) in [7, 11) is 0. The Hall–Kier alpha value is -1.51. The van der Waals surface area contributed by atoms with Crippen LogP contribution < -0.4 is 4.74 Å². The van der Waals surface area contributed by atoms with E-state index in [1.54, 1.807) is 0 Å². The molecule has 1 saturated carbocycles. The number of pyridine rings is 1. The number of hydrogen-bond acceptors (Lipinski definition) is 2. The molecule has 0 N–H and O–H groups in total. The lowest BCUT2D eigenvalue weighted by Gasteiger charge is -2.07. The average molecular weight is 230 g/mol. The normalized spacial score (nSPS) is 15.4. The van der Waals surface area contributed by atoms with Gasteiger partial charge in [-0.05, 0) is 43.9 Å². The topological polar surface area (TPSA) is 26.5 Å². The second kappa shape index (κ2) is 4.06. The highest BCUT2D eigenvalue weighted by atomic mass is 16.5. The zero-order valence-corrected chi connectivity index (χ0v) is 10.4. The SMILES string of the molecule is CCCc1cc2cc(C)cc(OC3CC3)n2n1. The molecule has 0 atom stereocenters. The van der Waals surface area contributed by atoms with Gasteiger partial charge in [-0.1, -0.05) is 13.3 Å². The maximum absolute atomic E-state index is 5.91. The van der Waals surface area contributed by atoms with Gasteiger partial charge in [0.1, 0.15) is 6.10 Å². The van der Waals surface area contributed by atoms with Gasteiger partial charge in [-0.25, -0.2) is 4.52 Å². The number of fused-ring (bicyclic) bond motifs is 1. The van der Waals surface area contributed by atoms with Crippen molar-refractivity contribution in [3.05, 3.63) is 29.5 Å². The summed E-state index contributed by atoms with van der Waals surface area (Å²) >= 11 is 0. The quantitative estimate of drug-likeness (QED) is 0.806. The Labute approximate surface area is 101 Å². The molecule has 90 valence electrons. The van der Waals surface area contributed by atoms with Crippen molar-refractivity contribution >= 4 is 5.52 Å². The molecule has 3 rings (SSSR count). The Morgan fingerprint density at radius 2 is 2.18 bits per heavy atom. The number of rotatable bonds is 4. The van der Waals surface area contributed by atoms with E-state index in [4.69, 9.17) is 4.74 Å². The van der Waals surface area contributed by atoms with E-state index in [9.17, 15) is 0 Å². The molecular weight excluding hydrogens is 212 g/mol. The van der Waals surface area contributed by atoms with Crippen molar-refractivity contribution in [2.75, 3.05) is 0 Å². The first-order valence-corrected chi connectivity index (χ1v) is 6.42. The van der Waals surface area contributed by atoms with Crippen molar-refractivity contribution in [3.8, 4) is 5.88 Å². The molecule has 2 heterocycles. The summed E-state index contributed by atoms with van der Waals surface area (Å²) in [6, 6.07) is 6.40. The first-order valence-electron chi connectivity index (χ1n) is 6.42. The van der Waals surface area contributed by atoms with Crippen molar-refractivity contribution in [1.82, 2.24) is 9.61 Å². The molecule has 0 aromatic carbocycles. The van der Waals surface area contributed by atoms with E-state index < -0.39 is 0 Å². The Morgan fingerprint density at radius 1 is 1.35 bits per heavy atom. The van der Waals surface area contributed by atoms with Crippen LogP contribution in [0.2, 0.25) is 0 Å². The maximum Gasteiger partial charge on any atom is 0.215 e. The minimum absolute atomic E-state index is 0.416. The van der Waals surface area contributed by atoms with Gasteiger partial charge in [0.25, 0.3) is 0 Å². The van der Waals surface area contributed by atoms with E-state index in [-0.39, 0.29) is 0 Å². The predicted octanol–water partition coefficient (Wildman–Crippen LogP) is 3.14. The highest BCUT2D eigenvalue weighted by Crippen LogP contribution is 2.28. The van der Waals surface area contributed by atoms with Crippen LogP contribution >= 0.6 is 0 Å². The molecule has 3 heteroatoms. The zero-order chi connectivity index (χ0) is 11.8. The van der Waals surface area contributed by atoms with Gasteiger partial charge < -0.3 is 4.74 Å². The van der Waals surface area contributed by atoms with E-state index in [1.807, 2.05) is 4.52 Å². The first-order chi connectivity index (χ1) is 8.26. The molecule has 1 aliphatic rings. The van der Waals surface area contributed by atoms with Crippen LogP contribution in [0.3, 0.4) is 0 Å². The van der Waals surface area contributed by atoms with E-state index in [0.29, 0.717) is 6.10 Å². The summed E-state index contributed by atoms with van der Waals surface area (Å²) in [6.07, 6.45) is 4.93.